The number of rotatable bonds is 9. The van der Waals surface area contributed by atoms with E-state index in [4.69, 9.17) is 9.47 Å². The summed E-state index contributed by atoms with van der Waals surface area (Å²) in [6.07, 6.45) is 0. The number of amides is 1. The second-order valence-corrected chi connectivity index (χ2v) is 4.59. The number of carbonyl (C=O) groups is 2. The Kier molecular flexibility index (Phi) is 6.89. The lowest BCUT2D eigenvalue weighted by Gasteiger charge is -2.09. The van der Waals surface area contributed by atoms with Crippen molar-refractivity contribution < 1.29 is 19.1 Å². The van der Waals surface area contributed by atoms with E-state index in [1.54, 1.807) is 38.1 Å². The standard InChI is InChI=1S/C17H21NO4/c1-5-21-13(4)16(19)14-6-8-15(9-7-14)22-11-10-18-17(20)12(2)3/h6-9H,2,4-5,10-11H2,1,3H3,(H,18,20). The zero-order valence-electron chi connectivity index (χ0n) is 13.0. The highest BCUT2D eigenvalue weighted by Gasteiger charge is 2.11. The summed E-state index contributed by atoms with van der Waals surface area (Å²) in [6.45, 7) is 11.7. The first kappa shape index (κ1) is 17.5. The van der Waals surface area contributed by atoms with Crippen LogP contribution in [0.3, 0.4) is 0 Å². The van der Waals surface area contributed by atoms with Gasteiger partial charge in [-0.3, -0.25) is 9.59 Å². The van der Waals surface area contributed by atoms with Crippen LogP contribution in [0.25, 0.3) is 0 Å². The topological polar surface area (TPSA) is 64.6 Å². The molecule has 1 aromatic rings. The van der Waals surface area contributed by atoms with Gasteiger partial charge in [-0.25, -0.2) is 0 Å². The molecule has 0 atom stereocenters. The van der Waals surface area contributed by atoms with Crippen LogP contribution >= 0.6 is 0 Å². The van der Waals surface area contributed by atoms with E-state index in [9.17, 15) is 9.59 Å². The molecule has 0 aliphatic carbocycles. The summed E-state index contributed by atoms with van der Waals surface area (Å²) in [7, 11) is 0. The van der Waals surface area contributed by atoms with Crippen LogP contribution < -0.4 is 10.1 Å². The van der Waals surface area contributed by atoms with E-state index in [0.717, 1.165) is 0 Å². The molecule has 0 aliphatic rings. The minimum absolute atomic E-state index is 0.124. The highest BCUT2D eigenvalue weighted by atomic mass is 16.5. The van der Waals surface area contributed by atoms with Crippen LogP contribution in [0, 0.1) is 0 Å². The first-order chi connectivity index (χ1) is 10.5. The average molecular weight is 303 g/mol. The number of hydrogen-bond donors (Lipinski definition) is 1. The highest BCUT2D eigenvalue weighted by molar-refractivity contribution is 6.06. The van der Waals surface area contributed by atoms with Gasteiger partial charge in [-0.1, -0.05) is 13.2 Å². The molecule has 0 saturated carbocycles. The Morgan fingerprint density at radius 3 is 2.36 bits per heavy atom. The molecule has 5 heteroatoms. The van der Waals surface area contributed by atoms with Crippen LogP contribution in [-0.2, 0) is 9.53 Å². The number of ketones is 1. The number of nitrogens with one attached hydrogen (secondary N) is 1. The van der Waals surface area contributed by atoms with Crippen LogP contribution in [-0.4, -0.2) is 31.4 Å². The molecule has 0 radical (unpaired) electrons. The normalized spacial score (nSPS) is 9.73. The van der Waals surface area contributed by atoms with Crippen molar-refractivity contribution in [2.24, 2.45) is 0 Å². The molecule has 0 aliphatic heterocycles. The molecule has 0 unspecified atom stereocenters. The van der Waals surface area contributed by atoms with E-state index in [-0.39, 0.29) is 17.4 Å². The molecule has 5 nitrogen and oxygen atoms in total. The third-order valence-electron chi connectivity index (χ3n) is 2.73. The average Bonchev–Trinajstić information content (AvgIpc) is 2.51. The number of benzene rings is 1. The van der Waals surface area contributed by atoms with E-state index in [1.807, 2.05) is 0 Å². The van der Waals surface area contributed by atoms with Gasteiger partial charge in [0.05, 0.1) is 13.2 Å². The van der Waals surface area contributed by atoms with Gasteiger partial charge in [-0.05, 0) is 38.1 Å². The summed E-state index contributed by atoms with van der Waals surface area (Å²) < 4.78 is 10.6. The fourth-order valence-corrected chi connectivity index (χ4v) is 1.59. The lowest BCUT2D eigenvalue weighted by molar-refractivity contribution is -0.117. The number of Topliss-reactive ketones (excluding diaryl/α,β-unsaturated/α-hetero) is 1. The molecule has 0 bridgehead atoms. The Morgan fingerprint density at radius 1 is 1.18 bits per heavy atom. The molecule has 0 saturated heterocycles. The van der Waals surface area contributed by atoms with Crippen molar-refractivity contribution in [3.63, 3.8) is 0 Å². The molecule has 0 aromatic heterocycles. The second-order valence-electron chi connectivity index (χ2n) is 4.59. The van der Waals surface area contributed by atoms with Crippen LogP contribution in [0.15, 0.2) is 48.8 Å². The van der Waals surface area contributed by atoms with Crippen LogP contribution in [0.1, 0.15) is 24.2 Å². The van der Waals surface area contributed by atoms with E-state index in [0.29, 0.717) is 36.6 Å². The fourth-order valence-electron chi connectivity index (χ4n) is 1.59. The van der Waals surface area contributed by atoms with E-state index < -0.39 is 0 Å². The molecule has 0 fully saturated rings. The molecular weight excluding hydrogens is 282 g/mol. The van der Waals surface area contributed by atoms with Crippen LogP contribution in [0.4, 0.5) is 0 Å². The molecule has 0 spiro atoms. The minimum Gasteiger partial charge on any atom is -0.492 e. The summed E-state index contributed by atoms with van der Waals surface area (Å²) in [6, 6.07) is 6.67. The van der Waals surface area contributed by atoms with Crippen LogP contribution in [0.5, 0.6) is 5.75 Å². The van der Waals surface area contributed by atoms with Crippen LogP contribution in [0.2, 0.25) is 0 Å². The van der Waals surface area contributed by atoms with E-state index >= 15 is 0 Å². The van der Waals surface area contributed by atoms with E-state index in [2.05, 4.69) is 18.5 Å². The maximum atomic E-state index is 11.9. The first-order valence-corrected chi connectivity index (χ1v) is 6.98. The van der Waals surface area contributed by atoms with Gasteiger partial charge in [0.1, 0.15) is 12.4 Å². The van der Waals surface area contributed by atoms with Crippen molar-refractivity contribution in [2.45, 2.75) is 13.8 Å². The van der Waals surface area contributed by atoms with Crippen molar-refractivity contribution in [3.05, 3.63) is 54.3 Å². The van der Waals surface area contributed by atoms with Gasteiger partial charge in [0.2, 0.25) is 11.7 Å². The van der Waals surface area contributed by atoms with E-state index in [1.165, 1.54) is 0 Å². The smallest absolute Gasteiger partial charge is 0.246 e. The first-order valence-electron chi connectivity index (χ1n) is 6.98. The lowest BCUT2D eigenvalue weighted by atomic mass is 10.1. The number of hydrogen-bond acceptors (Lipinski definition) is 4. The lowest BCUT2D eigenvalue weighted by Crippen LogP contribution is -2.28. The van der Waals surface area contributed by atoms with Gasteiger partial charge in [-0.2, -0.15) is 0 Å². The Morgan fingerprint density at radius 2 is 1.82 bits per heavy atom. The maximum Gasteiger partial charge on any atom is 0.246 e. The van der Waals surface area contributed by atoms with Gasteiger partial charge in [0.25, 0.3) is 0 Å². The van der Waals surface area contributed by atoms with Crippen molar-refractivity contribution in [1.82, 2.24) is 5.32 Å². The van der Waals surface area contributed by atoms with Gasteiger partial charge >= 0.3 is 0 Å². The zero-order chi connectivity index (χ0) is 16.5. The summed E-state index contributed by atoms with van der Waals surface area (Å²) >= 11 is 0. The molecule has 1 rings (SSSR count). The predicted molar refractivity (Wildman–Crippen MR) is 84.9 cm³/mol. The summed E-state index contributed by atoms with van der Waals surface area (Å²) in [5.74, 6) is 0.294. The molecule has 22 heavy (non-hydrogen) atoms. The third-order valence-corrected chi connectivity index (χ3v) is 2.73. The van der Waals surface area contributed by atoms with Crippen molar-refractivity contribution in [1.29, 1.82) is 0 Å². The molecule has 1 aromatic carbocycles. The minimum atomic E-state index is -0.248. The quantitative estimate of drug-likeness (QED) is 0.329. The Hall–Kier alpha value is -2.56. The molecule has 1 amide bonds. The van der Waals surface area contributed by atoms with Gasteiger partial charge < -0.3 is 14.8 Å². The number of carbonyl (C=O) groups excluding carboxylic acids is 2. The molecule has 0 heterocycles. The Labute approximate surface area is 130 Å². The van der Waals surface area contributed by atoms with Crippen molar-refractivity contribution in [3.8, 4) is 5.75 Å². The largest absolute Gasteiger partial charge is 0.492 e. The molecule has 1 N–H and O–H groups in total. The van der Waals surface area contributed by atoms with Crippen molar-refractivity contribution >= 4 is 11.7 Å². The maximum absolute atomic E-state index is 11.9. The summed E-state index contributed by atoms with van der Waals surface area (Å²) in [4.78, 5) is 23.2. The zero-order valence-corrected chi connectivity index (χ0v) is 13.0. The second kappa shape index (κ2) is 8.67. The molecule has 118 valence electrons. The number of ether oxygens (including phenoxy) is 2. The van der Waals surface area contributed by atoms with Gasteiger partial charge in [0.15, 0.2) is 5.76 Å². The summed E-state index contributed by atoms with van der Waals surface area (Å²) in [5.41, 5.74) is 0.943. The number of allylic oxidation sites excluding steroid dienone is 1. The third kappa shape index (κ3) is 5.44. The van der Waals surface area contributed by atoms with Crippen molar-refractivity contribution in [2.75, 3.05) is 19.8 Å². The molecular formula is C17H21NO4. The predicted octanol–water partition coefficient (Wildman–Crippen LogP) is 2.49. The monoisotopic (exact) mass is 303 g/mol. The Bertz CT molecular complexity index is 561. The SMILES string of the molecule is C=C(C)C(=O)NCCOc1ccc(C(=O)C(=C)OCC)cc1. The summed E-state index contributed by atoms with van der Waals surface area (Å²) in [5, 5.41) is 2.67. The fraction of sp³-hybridized carbons (Fsp3) is 0.294. The van der Waals surface area contributed by atoms with Gasteiger partial charge in [0, 0.05) is 11.1 Å². The highest BCUT2D eigenvalue weighted by Crippen LogP contribution is 2.15. The van der Waals surface area contributed by atoms with Gasteiger partial charge in [-0.15, -0.1) is 0 Å². The Balaban J connectivity index is 2.45.